The minimum atomic E-state index is 0.277. The lowest BCUT2D eigenvalue weighted by Crippen LogP contribution is -2.17. The molecule has 0 spiro atoms. The molecule has 0 radical (unpaired) electrons. The molecular weight excluding hydrogens is 277 g/mol. The van der Waals surface area contributed by atoms with E-state index in [0.717, 1.165) is 16.2 Å². The quantitative estimate of drug-likeness (QED) is 0.863. The van der Waals surface area contributed by atoms with E-state index in [-0.39, 0.29) is 5.28 Å². The van der Waals surface area contributed by atoms with Crippen molar-refractivity contribution < 1.29 is 0 Å². The van der Waals surface area contributed by atoms with Crippen LogP contribution in [0, 0.1) is 5.92 Å². The average molecular weight is 291 g/mol. The lowest BCUT2D eigenvalue weighted by atomic mass is 10.1. The molecule has 0 saturated heterocycles. The van der Waals surface area contributed by atoms with E-state index >= 15 is 0 Å². The molecule has 82 valence electrons. The number of rotatable bonds is 4. The molecular formula is C10H13BrClN3. The van der Waals surface area contributed by atoms with Crippen LogP contribution < -0.4 is 5.32 Å². The van der Waals surface area contributed by atoms with Gasteiger partial charge in [0.05, 0.1) is 4.47 Å². The molecule has 1 N–H and O–H groups in total. The number of nitrogens with zero attached hydrogens (tertiary/aromatic N) is 2. The minimum Gasteiger partial charge on any atom is -0.367 e. The van der Waals surface area contributed by atoms with E-state index in [1.165, 1.54) is 19.3 Å². The normalized spacial score (nSPS) is 17.5. The third-order valence-electron chi connectivity index (χ3n) is 2.48. The van der Waals surface area contributed by atoms with Gasteiger partial charge in [0.25, 0.3) is 0 Å². The van der Waals surface area contributed by atoms with Gasteiger partial charge < -0.3 is 5.32 Å². The van der Waals surface area contributed by atoms with Crippen molar-refractivity contribution in [3.63, 3.8) is 0 Å². The molecule has 0 amide bonds. The van der Waals surface area contributed by atoms with Gasteiger partial charge in [0, 0.05) is 12.2 Å². The van der Waals surface area contributed by atoms with Crippen LogP contribution in [0.2, 0.25) is 5.28 Å². The fourth-order valence-corrected chi connectivity index (χ4v) is 2.03. The Morgan fingerprint density at radius 3 is 3.07 bits per heavy atom. The first-order valence-corrected chi connectivity index (χ1v) is 6.27. The van der Waals surface area contributed by atoms with Crippen molar-refractivity contribution in [1.29, 1.82) is 0 Å². The first-order valence-electron chi connectivity index (χ1n) is 5.09. The summed E-state index contributed by atoms with van der Waals surface area (Å²) < 4.78 is 0.856. The first kappa shape index (κ1) is 11.1. The van der Waals surface area contributed by atoms with Crippen LogP contribution in [-0.2, 0) is 0 Å². The number of hydrogen-bond acceptors (Lipinski definition) is 3. The van der Waals surface area contributed by atoms with Crippen molar-refractivity contribution >= 4 is 33.3 Å². The molecule has 1 aliphatic carbocycles. The van der Waals surface area contributed by atoms with Crippen LogP contribution in [0.4, 0.5) is 5.82 Å². The molecule has 1 saturated carbocycles. The summed E-state index contributed by atoms with van der Waals surface area (Å²) in [5.41, 5.74) is 0. The maximum Gasteiger partial charge on any atom is 0.224 e. The summed E-state index contributed by atoms with van der Waals surface area (Å²) >= 11 is 9.13. The Kier molecular flexibility index (Phi) is 3.46. The fraction of sp³-hybridized carbons (Fsp3) is 0.600. The maximum absolute atomic E-state index is 5.74. The largest absolute Gasteiger partial charge is 0.367 e. The highest BCUT2D eigenvalue weighted by molar-refractivity contribution is 9.10. The fourth-order valence-electron chi connectivity index (χ4n) is 1.59. The topological polar surface area (TPSA) is 37.8 Å². The average Bonchev–Trinajstić information content (AvgIpc) is 2.95. The molecule has 0 aliphatic heterocycles. The molecule has 1 heterocycles. The maximum atomic E-state index is 5.74. The predicted octanol–water partition coefficient (Wildman–Crippen LogP) is 3.49. The van der Waals surface area contributed by atoms with E-state index in [1.54, 1.807) is 6.20 Å². The van der Waals surface area contributed by atoms with Gasteiger partial charge in [0.1, 0.15) is 5.82 Å². The summed E-state index contributed by atoms with van der Waals surface area (Å²) in [7, 11) is 0. The SMILES string of the molecule is CC(CC1CC1)Nc1nc(Cl)ncc1Br. The third-order valence-corrected chi connectivity index (χ3v) is 3.24. The van der Waals surface area contributed by atoms with Crippen molar-refractivity contribution in [2.45, 2.75) is 32.2 Å². The Hall–Kier alpha value is -0.350. The minimum absolute atomic E-state index is 0.277. The van der Waals surface area contributed by atoms with Crippen LogP contribution in [0.3, 0.4) is 0 Å². The zero-order valence-corrected chi connectivity index (χ0v) is 10.8. The Balaban J connectivity index is 1.98. The standard InChI is InChI=1S/C10H13BrClN3/c1-6(4-7-2-3-7)14-9-8(11)5-13-10(12)15-9/h5-7H,2-4H2,1H3,(H,13,14,15). The second-order valence-electron chi connectivity index (χ2n) is 4.06. The van der Waals surface area contributed by atoms with Crippen molar-refractivity contribution in [1.82, 2.24) is 9.97 Å². The van der Waals surface area contributed by atoms with Gasteiger partial charge >= 0.3 is 0 Å². The molecule has 5 heteroatoms. The summed E-state index contributed by atoms with van der Waals surface area (Å²) in [6.45, 7) is 2.17. The van der Waals surface area contributed by atoms with Crippen LogP contribution >= 0.6 is 27.5 Å². The number of anilines is 1. The molecule has 0 bridgehead atoms. The second kappa shape index (κ2) is 4.66. The molecule has 1 unspecified atom stereocenters. The van der Waals surface area contributed by atoms with Crippen molar-refractivity contribution in [3.05, 3.63) is 16.0 Å². The third kappa shape index (κ3) is 3.31. The van der Waals surface area contributed by atoms with Gasteiger partial charge in [-0.2, -0.15) is 4.98 Å². The summed E-state index contributed by atoms with van der Waals surface area (Å²) in [5, 5.41) is 3.62. The van der Waals surface area contributed by atoms with Gasteiger partial charge in [0.15, 0.2) is 0 Å². The van der Waals surface area contributed by atoms with E-state index in [1.807, 2.05) is 0 Å². The molecule has 1 atom stereocenters. The lowest BCUT2D eigenvalue weighted by Gasteiger charge is -2.14. The van der Waals surface area contributed by atoms with Gasteiger partial charge in [-0.3, -0.25) is 0 Å². The molecule has 0 aromatic carbocycles. The van der Waals surface area contributed by atoms with E-state index in [2.05, 4.69) is 38.1 Å². The number of aromatic nitrogens is 2. The highest BCUT2D eigenvalue weighted by Crippen LogP contribution is 2.34. The van der Waals surface area contributed by atoms with Gasteiger partial charge in [-0.15, -0.1) is 0 Å². The van der Waals surface area contributed by atoms with Crippen molar-refractivity contribution in [2.75, 3.05) is 5.32 Å². The highest BCUT2D eigenvalue weighted by atomic mass is 79.9. The van der Waals surface area contributed by atoms with Gasteiger partial charge in [-0.05, 0) is 46.8 Å². The molecule has 1 fully saturated rings. The van der Waals surface area contributed by atoms with Crippen LogP contribution in [0.15, 0.2) is 10.7 Å². The summed E-state index contributed by atoms with van der Waals surface area (Å²) in [4.78, 5) is 8.02. The molecule has 15 heavy (non-hydrogen) atoms. The Labute approximate surface area is 103 Å². The molecule has 1 aliphatic rings. The van der Waals surface area contributed by atoms with Gasteiger partial charge in [-0.25, -0.2) is 4.98 Å². The highest BCUT2D eigenvalue weighted by Gasteiger charge is 2.23. The van der Waals surface area contributed by atoms with Crippen LogP contribution in [0.25, 0.3) is 0 Å². The second-order valence-corrected chi connectivity index (χ2v) is 5.25. The molecule has 2 rings (SSSR count). The molecule has 1 aromatic heterocycles. The number of hydrogen-bond donors (Lipinski definition) is 1. The summed E-state index contributed by atoms with van der Waals surface area (Å²) in [6, 6.07) is 0.430. The Morgan fingerprint density at radius 2 is 2.40 bits per heavy atom. The zero-order chi connectivity index (χ0) is 10.8. The van der Waals surface area contributed by atoms with Crippen molar-refractivity contribution in [2.24, 2.45) is 5.92 Å². The van der Waals surface area contributed by atoms with E-state index < -0.39 is 0 Å². The number of nitrogens with one attached hydrogen (secondary N) is 1. The van der Waals surface area contributed by atoms with E-state index in [9.17, 15) is 0 Å². The molecule has 3 nitrogen and oxygen atoms in total. The predicted molar refractivity (Wildman–Crippen MR) is 65.2 cm³/mol. The van der Waals surface area contributed by atoms with Gasteiger partial charge in [-0.1, -0.05) is 12.8 Å². The smallest absolute Gasteiger partial charge is 0.224 e. The monoisotopic (exact) mass is 289 g/mol. The zero-order valence-electron chi connectivity index (χ0n) is 8.50. The van der Waals surface area contributed by atoms with Crippen LogP contribution in [0.1, 0.15) is 26.2 Å². The summed E-state index contributed by atoms with van der Waals surface area (Å²) in [6.07, 6.45) is 5.62. The Bertz CT molecular complexity index is 355. The summed E-state index contributed by atoms with van der Waals surface area (Å²) in [5.74, 6) is 1.69. The van der Waals surface area contributed by atoms with Crippen LogP contribution in [-0.4, -0.2) is 16.0 Å². The number of halogens is 2. The first-order chi connectivity index (χ1) is 7.15. The van der Waals surface area contributed by atoms with Gasteiger partial charge in [0.2, 0.25) is 5.28 Å². The van der Waals surface area contributed by atoms with Crippen LogP contribution in [0.5, 0.6) is 0 Å². The molecule has 1 aromatic rings. The van der Waals surface area contributed by atoms with Crippen molar-refractivity contribution in [3.8, 4) is 0 Å². The van der Waals surface area contributed by atoms with E-state index in [0.29, 0.717) is 6.04 Å². The Morgan fingerprint density at radius 1 is 1.67 bits per heavy atom. The lowest BCUT2D eigenvalue weighted by molar-refractivity contribution is 0.639. The van der Waals surface area contributed by atoms with E-state index in [4.69, 9.17) is 11.6 Å².